The van der Waals surface area contributed by atoms with Gasteiger partial charge in [0.25, 0.3) is 15.9 Å². The number of ether oxygens (including phenoxy) is 1. The smallest absolute Gasteiger partial charge is 0.261 e. The van der Waals surface area contributed by atoms with Gasteiger partial charge >= 0.3 is 0 Å². The molecule has 3 aromatic rings. The molecule has 0 aliphatic carbocycles. The Hall–Kier alpha value is -3.37. The SMILES string of the molecule is Bc1cc(C(=O)NC(=S)Nc2ccc(S(=O)(=O)Nc3ccc(OCC)cc3)cc2)ccc1C. The molecule has 7 nitrogen and oxygen atoms in total. The van der Waals surface area contributed by atoms with Crippen molar-refractivity contribution in [3.05, 3.63) is 77.9 Å². The molecule has 0 spiro atoms. The number of hydrogen-bond donors (Lipinski definition) is 3. The van der Waals surface area contributed by atoms with Gasteiger partial charge in [-0.05, 0) is 80.7 Å². The number of anilines is 2. The second-order valence-electron chi connectivity index (χ2n) is 7.29. The molecule has 0 fully saturated rings. The first-order valence-electron chi connectivity index (χ1n) is 10.2. The molecule has 10 heteroatoms. The average molecular weight is 481 g/mol. The van der Waals surface area contributed by atoms with Gasteiger partial charge in [0.15, 0.2) is 5.11 Å². The molecule has 33 heavy (non-hydrogen) atoms. The Labute approximate surface area is 200 Å². The zero-order valence-corrected chi connectivity index (χ0v) is 20.1. The zero-order chi connectivity index (χ0) is 24.0. The van der Waals surface area contributed by atoms with Crippen LogP contribution >= 0.6 is 12.2 Å². The standard InChI is InChI=1S/C23H24BN3O4S2/c1-3-31-19-10-6-18(7-11-19)27-33(29,30)20-12-8-17(9-13-20)25-23(32)26-22(28)16-5-4-15(2)21(24)14-16/h4-14,27H,3,24H2,1-2H3,(H2,25,26,28,32). The van der Waals surface area contributed by atoms with E-state index in [4.69, 9.17) is 17.0 Å². The van der Waals surface area contributed by atoms with Crippen molar-refractivity contribution in [3.8, 4) is 5.75 Å². The Balaban J connectivity index is 1.61. The van der Waals surface area contributed by atoms with Crippen LogP contribution in [0.2, 0.25) is 0 Å². The topological polar surface area (TPSA) is 96.5 Å². The Morgan fingerprint density at radius 3 is 2.24 bits per heavy atom. The third-order valence-electron chi connectivity index (χ3n) is 4.84. The normalized spacial score (nSPS) is 10.8. The number of thiocarbonyl (C=S) groups is 1. The predicted molar refractivity (Wildman–Crippen MR) is 138 cm³/mol. The van der Waals surface area contributed by atoms with Crippen LogP contribution in [0, 0.1) is 6.92 Å². The van der Waals surface area contributed by atoms with Crippen molar-refractivity contribution in [1.82, 2.24) is 5.32 Å². The van der Waals surface area contributed by atoms with Crippen molar-refractivity contribution in [1.29, 1.82) is 0 Å². The van der Waals surface area contributed by atoms with Crippen LogP contribution in [-0.2, 0) is 10.0 Å². The quantitative estimate of drug-likeness (QED) is 0.355. The molecule has 0 heterocycles. The minimum absolute atomic E-state index is 0.0898. The van der Waals surface area contributed by atoms with Crippen molar-refractivity contribution in [2.75, 3.05) is 16.6 Å². The molecular weight excluding hydrogens is 457 g/mol. The highest BCUT2D eigenvalue weighted by Crippen LogP contribution is 2.20. The molecule has 0 radical (unpaired) electrons. The Kier molecular flexibility index (Phi) is 7.73. The van der Waals surface area contributed by atoms with Crippen molar-refractivity contribution in [2.45, 2.75) is 18.7 Å². The van der Waals surface area contributed by atoms with Crippen LogP contribution in [0.25, 0.3) is 0 Å². The third kappa shape index (κ3) is 6.56. The van der Waals surface area contributed by atoms with E-state index in [1.807, 2.05) is 27.8 Å². The number of rotatable bonds is 7. The van der Waals surface area contributed by atoms with Crippen LogP contribution in [0.4, 0.5) is 11.4 Å². The number of aryl methyl sites for hydroxylation is 1. The molecule has 3 N–H and O–H groups in total. The number of carbonyl (C=O) groups excluding carboxylic acids is 1. The highest BCUT2D eigenvalue weighted by atomic mass is 32.2. The summed E-state index contributed by atoms with van der Waals surface area (Å²) in [6.07, 6.45) is 0. The van der Waals surface area contributed by atoms with Crippen molar-refractivity contribution < 1.29 is 17.9 Å². The first-order valence-corrected chi connectivity index (χ1v) is 12.1. The van der Waals surface area contributed by atoms with Gasteiger partial charge in [-0.3, -0.25) is 14.8 Å². The lowest BCUT2D eigenvalue weighted by atomic mass is 9.89. The van der Waals surface area contributed by atoms with E-state index in [0.717, 1.165) is 11.0 Å². The summed E-state index contributed by atoms with van der Waals surface area (Å²) in [5.41, 5.74) is 3.58. The molecule has 3 aromatic carbocycles. The number of sulfonamides is 1. The molecule has 170 valence electrons. The lowest BCUT2D eigenvalue weighted by Crippen LogP contribution is -2.34. The first kappa shape index (κ1) is 24.3. The fourth-order valence-corrected chi connectivity index (χ4v) is 4.21. The fraction of sp³-hybridized carbons (Fsp3) is 0.130. The average Bonchev–Trinajstić information content (AvgIpc) is 2.77. The molecule has 1 amide bonds. The van der Waals surface area contributed by atoms with E-state index in [1.165, 1.54) is 12.1 Å². The van der Waals surface area contributed by atoms with E-state index in [0.29, 0.717) is 29.3 Å². The lowest BCUT2D eigenvalue weighted by molar-refractivity contribution is 0.0978. The summed E-state index contributed by atoms with van der Waals surface area (Å²) < 4.78 is 33.2. The van der Waals surface area contributed by atoms with Gasteiger partial charge in [0.1, 0.15) is 13.6 Å². The van der Waals surface area contributed by atoms with Gasteiger partial charge < -0.3 is 10.1 Å². The molecule has 3 rings (SSSR count). The van der Waals surface area contributed by atoms with Gasteiger partial charge in [0, 0.05) is 16.9 Å². The maximum Gasteiger partial charge on any atom is 0.261 e. The lowest BCUT2D eigenvalue weighted by Gasteiger charge is -2.12. The van der Waals surface area contributed by atoms with E-state index in [-0.39, 0.29) is 15.9 Å². The van der Waals surface area contributed by atoms with Crippen molar-refractivity contribution in [2.24, 2.45) is 0 Å². The number of hydrogen-bond acceptors (Lipinski definition) is 5. The second-order valence-corrected chi connectivity index (χ2v) is 9.39. The maximum atomic E-state index is 12.7. The summed E-state index contributed by atoms with van der Waals surface area (Å²) >= 11 is 5.21. The van der Waals surface area contributed by atoms with Crippen LogP contribution in [0.5, 0.6) is 5.75 Å². The summed E-state index contributed by atoms with van der Waals surface area (Å²) in [7, 11) is -1.83. The number of amides is 1. The van der Waals surface area contributed by atoms with Crippen molar-refractivity contribution in [3.63, 3.8) is 0 Å². The number of carbonyl (C=O) groups is 1. The highest BCUT2D eigenvalue weighted by Gasteiger charge is 2.15. The number of nitrogens with one attached hydrogen (secondary N) is 3. The largest absolute Gasteiger partial charge is 0.494 e. The molecule has 0 unspecified atom stereocenters. The van der Waals surface area contributed by atoms with Gasteiger partial charge in [-0.15, -0.1) is 0 Å². The molecule has 0 saturated carbocycles. The van der Waals surface area contributed by atoms with E-state index < -0.39 is 10.0 Å². The zero-order valence-electron chi connectivity index (χ0n) is 18.5. The predicted octanol–water partition coefficient (Wildman–Crippen LogP) is 2.58. The third-order valence-corrected chi connectivity index (χ3v) is 6.44. The van der Waals surface area contributed by atoms with E-state index >= 15 is 0 Å². The first-order chi connectivity index (χ1) is 15.7. The highest BCUT2D eigenvalue weighted by molar-refractivity contribution is 7.92. The second kappa shape index (κ2) is 10.5. The molecule has 0 aliphatic rings. The monoisotopic (exact) mass is 481 g/mol. The van der Waals surface area contributed by atoms with Crippen molar-refractivity contribution >= 4 is 57.9 Å². The van der Waals surface area contributed by atoms with Gasteiger partial charge in [-0.2, -0.15) is 0 Å². The van der Waals surface area contributed by atoms with E-state index in [2.05, 4.69) is 15.4 Å². The maximum absolute atomic E-state index is 12.7. The Morgan fingerprint density at radius 2 is 1.64 bits per heavy atom. The molecular formula is C23H24BN3O4S2. The van der Waals surface area contributed by atoms with E-state index in [9.17, 15) is 13.2 Å². The van der Waals surface area contributed by atoms with Gasteiger partial charge in [0.05, 0.1) is 11.5 Å². The van der Waals surface area contributed by atoms with Gasteiger partial charge in [0.2, 0.25) is 0 Å². The Morgan fingerprint density at radius 1 is 1.00 bits per heavy atom. The molecule has 0 aliphatic heterocycles. The Bertz CT molecular complexity index is 1260. The van der Waals surface area contributed by atoms with E-state index in [1.54, 1.807) is 48.5 Å². The fourth-order valence-electron chi connectivity index (χ4n) is 2.94. The minimum atomic E-state index is -3.77. The number of benzene rings is 3. The van der Waals surface area contributed by atoms with Gasteiger partial charge in [-0.25, -0.2) is 8.42 Å². The van der Waals surface area contributed by atoms with Gasteiger partial charge in [-0.1, -0.05) is 23.2 Å². The summed E-state index contributed by atoms with van der Waals surface area (Å²) in [6.45, 7) is 4.38. The van der Waals surface area contributed by atoms with Crippen LogP contribution in [0.3, 0.4) is 0 Å². The molecule has 0 aromatic heterocycles. The molecule has 0 atom stereocenters. The minimum Gasteiger partial charge on any atom is -0.494 e. The van der Waals surface area contributed by atoms with Crippen LogP contribution in [0.15, 0.2) is 71.6 Å². The summed E-state index contributed by atoms with van der Waals surface area (Å²) in [5.74, 6) is 0.339. The molecule has 0 bridgehead atoms. The summed E-state index contributed by atoms with van der Waals surface area (Å²) in [6, 6.07) is 18.1. The van der Waals surface area contributed by atoms with Crippen LogP contribution < -0.4 is 25.6 Å². The summed E-state index contributed by atoms with van der Waals surface area (Å²) in [4.78, 5) is 12.5. The van der Waals surface area contributed by atoms with Crippen LogP contribution in [-0.4, -0.2) is 33.9 Å². The van der Waals surface area contributed by atoms with Crippen LogP contribution in [0.1, 0.15) is 22.8 Å². The molecule has 0 saturated heterocycles. The summed E-state index contributed by atoms with van der Waals surface area (Å²) in [5, 5.41) is 5.62.